The summed E-state index contributed by atoms with van der Waals surface area (Å²) in [6.07, 6.45) is 0. The number of anilines is 1. The number of amides is 2. The van der Waals surface area contributed by atoms with Crippen LogP contribution in [-0.2, 0) is 0 Å². The van der Waals surface area contributed by atoms with Gasteiger partial charge in [-0.2, -0.15) is 0 Å². The molecule has 0 aromatic heterocycles. The van der Waals surface area contributed by atoms with E-state index in [0.717, 1.165) is 0 Å². The van der Waals surface area contributed by atoms with E-state index in [9.17, 15) is 9.18 Å². The summed E-state index contributed by atoms with van der Waals surface area (Å²) >= 11 is 11.8. The highest BCUT2D eigenvalue weighted by Gasteiger charge is 2.07. The summed E-state index contributed by atoms with van der Waals surface area (Å²) in [5.41, 5.74) is 0.422. The molecule has 2 amide bonds. The second kappa shape index (κ2) is 7.87. The molecule has 0 bridgehead atoms. The highest BCUT2D eigenvalue weighted by atomic mass is 35.5. The van der Waals surface area contributed by atoms with Gasteiger partial charge in [-0.05, 0) is 36.4 Å². The Bertz CT molecular complexity index is 650. The van der Waals surface area contributed by atoms with Gasteiger partial charge < -0.3 is 15.4 Å². The van der Waals surface area contributed by atoms with Gasteiger partial charge in [-0.1, -0.05) is 29.3 Å². The van der Waals surface area contributed by atoms with Crippen LogP contribution in [-0.4, -0.2) is 19.2 Å². The SMILES string of the molecule is O=C(NCCOc1ccc(F)cc1)Nc1cccc(Cl)c1Cl. The van der Waals surface area contributed by atoms with E-state index in [0.29, 0.717) is 16.5 Å². The standard InChI is InChI=1S/C15H13Cl2FN2O2/c16-12-2-1-3-13(14(12)17)20-15(21)19-8-9-22-11-6-4-10(18)5-7-11/h1-7H,8-9H2,(H2,19,20,21). The van der Waals surface area contributed by atoms with Gasteiger partial charge in [0, 0.05) is 0 Å². The number of benzene rings is 2. The Kier molecular flexibility index (Phi) is 5.86. The number of carbonyl (C=O) groups is 1. The Morgan fingerprint density at radius 2 is 1.86 bits per heavy atom. The molecule has 0 unspecified atom stereocenters. The number of hydrogen-bond donors (Lipinski definition) is 2. The molecule has 0 fully saturated rings. The van der Waals surface area contributed by atoms with Gasteiger partial charge in [0.05, 0.1) is 22.3 Å². The molecule has 0 atom stereocenters. The Balaban J connectivity index is 1.74. The van der Waals surface area contributed by atoms with Crippen LogP contribution in [0.1, 0.15) is 0 Å². The fourth-order valence-corrected chi connectivity index (χ4v) is 1.98. The third-order valence-electron chi connectivity index (χ3n) is 2.67. The van der Waals surface area contributed by atoms with Crippen LogP contribution in [0.3, 0.4) is 0 Å². The number of ether oxygens (including phenoxy) is 1. The third-order valence-corrected chi connectivity index (χ3v) is 3.49. The Morgan fingerprint density at radius 3 is 2.59 bits per heavy atom. The zero-order valence-electron chi connectivity index (χ0n) is 11.4. The molecule has 0 radical (unpaired) electrons. The minimum absolute atomic E-state index is 0.252. The van der Waals surface area contributed by atoms with E-state index in [-0.39, 0.29) is 24.0 Å². The average Bonchev–Trinajstić information content (AvgIpc) is 2.50. The molecular formula is C15H13Cl2FN2O2. The molecule has 2 aromatic rings. The summed E-state index contributed by atoms with van der Waals surface area (Å²) in [6, 6.07) is 10.2. The van der Waals surface area contributed by atoms with E-state index < -0.39 is 6.03 Å². The lowest BCUT2D eigenvalue weighted by Crippen LogP contribution is -2.32. The predicted octanol–water partition coefficient (Wildman–Crippen LogP) is 4.33. The van der Waals surface area contributed by atoms with Crippen molar-refractivity contribution >= 4 is 34.9 Å². The van der Waals surface area contributed by atoms with Crippen LogP contribution in [0.25, 0.3) is 0 Å². The van der Waals surface area contributed by atoms with Crippen LogP contribution in [0.5, 0.6) is 5.75 Å². The van der Waals surface area contributed by atoms with Crippen molar-refractivity contribution < 1.29 is 13.9 Å². The van der Waals surface area contributed by atoms with Gasteiger partial charge in [-0.15, -0.1) is 0 Å². The molecule has 116 valence electrons. The van der Waals surface area contributed by atoms with Crippen molar-refractivity contribution in [2.45, 2.75) is 0 Å². The normalized spacial score (nSPS) is 10.1. The quantitative estimate of drug-likeness (QED) is 0.794. The zero-order chi connectivity index (χ0) is 15.9. The van der Waals surface area contributed by atoms with Crippen LogP contribution < -0.4 is 15.4 Å². The number of carbonyl (C=O) groups excluding carboxylic acids is 1. The van der Waals surface area contributed by atoms with Crippen molar-refractivity contribution in [3.63, 3.8) is 0 Å². The van der Waals surface area contributed by atoms with Crippen molar-refractivity contribution in [1.29, 1.82) is 0 Å². The Morgan fingerprint density at radius 1 is 1.14 bits per heavy atom. The van der Waals surface area contributed by atoms with Gasteiger partial charge in [0.25, 0.3) is 0 Å². The largest absolute Gasteiger partial charge is 0.492 e. The molecule has 2 aromatic carbocycles. The van der Waals surface area contributed by atoms with Gasteiger partial charge in [-0.25, -0.2) is 9.18 Å². The lowest BCUT2D eigenvalue weighted by molar-refractivity contribution is 0.247. The summed E-state index contributed by atoms with van der Waals surface area (Å²) in [5.74, 6) is 0.199. The molecule has 0 saturated heterocycles. The van der Waals surface area contributed by atoms with Gasteiger partial charge in [0.2, 0.25) is 0 Å². The van der Waals surface area contributed by atoms with Crippen molar-refractivity contribution in [2.24, 2.45) is 0 Å². The van der Waals surface area contributed by atoms with Crippen LogP contribution in [0.4, 0.5) is 14.9 Å². The smallest absolute Gasteiger partial charge is 0.319 e. The minimum Gasteiger partial charge on any atom is -0.492 e. The van der Waals surface area contributed by atoms with Crippen molar-refractivity contribution in [1.82, 2.24) is 5.32 Å². The second-order valence-corrected chi connectivity index (χ2v) is 5.07. The van der Waals surface area contributed by atoms with Crippen LogP contribution in [0, 0.1) is 5.82 Å². The Labute approximate surface area is 137 Å². The summed E-state index contributed by atoms with van der Waals surface area (Å²) in [7, 11) is 0. The molecule has 0 aliphatic carbocycles. The van der Waals surface area contributed by atoms with E-state index in [1.54, 1.807) is 18.2 Å². The number of rotatable bonds is 5. The fourth-order valence-electron chi connectivity index (χ4n) is 1.63. The first-order valence-electron chi connectivity index (χ1n) is 6.43. The Hall–Kier alpha value is -1.98. The first-order valence-corrected chi connectivity index (χ1v) is 7.19. The van der Waals surface area contributed by atoms with Crippen LogP contribution >= 0.6 is 23.2 Å². The lowest BCUT2D eigenvalue weighted by Gasteiger charge is -2.10. The molecule has 2 N–H and O–H groups in total. The van der Waals surface area contributed by atoms with Gasteiger partial charge >= 0.3 is 6.03 Å². The highest BCUT2D eigenvalue weighted by molar-refractivity contribution is 6.43. The van der Waals surface area contributed by atoms with E-state index in [1.165, 1.54) is 24.3 Å². The number of urea groups is 1. The van der Waals surface area contributed by atoms with Gasteiger partial charge in [0.15, 0.2) is 0 Å². The average molecular weight is 343 g/mol. The summed E-state index contributed by atoms with van der Waals surface area (Å²) < 4.78 is 18.1. The highest BCUT2D eigenvalue weighted by Crippen LogP contribution is 2.29. The molecular weight excluding hydrogens is 330 g/mol. The first kappa shape index (κ1) is 16.4. The molecule has 0 heterocycles. The molecule has 0 aliphatic rings. The minimum atomic E-state index is -0.424. The summed E-state index contributed by atoms with van der Waals surface area (Å²) in [5, 5.41) is 5.83. The number of hydrogen-bond acceptors (Lipinski definition) is 2. The van der Waals surface area contributed by atoms with Crippen molar-refractivity contribution in [3.8, 4) is 5.75 Å². The maximum atomic E-state index is 12.7. The molecule has 22 heavy (non-hydrogen) atoms. The molecule has 2 rings (SSSR count). The molecule has 0 spiro atoms. The van der Waals surface area contributed by atoms with E-state index in [1.807, 2.05) is 0 Å². The van der Waals surface area contributed by atoms with Gasteiger partial charge in [-0.3, -0.25) is 0 Å². The number of nitrogens with one attached hydrogen (secondary N) is 2. The van der Waals surface area contributed by atoms with Crippen molar-refractivity contribution in [3.05, 3.63) is 58.3 Å². The summed E-state index contributed by atoms with van der Waals surface area (Å²) in [4.78, 5) is 11.7. The first-order chi connectivity index (χ1) is 10.6. The lowest BCUT2D eigenvalue weighted by atomic mass is 10.3. The predicted molar refractivity (Wildman–Crippen MR) is 85.4 cm³/mol. The molecule has 7 heteroatoms. The maximum absolute atomic E-state index is 12.7. The van der Waals surface area contributed by atoms with E-state index in [2.05, 4.69) is 10.6 Å². The molecule has 4 nitrogen and oxygen atoms in total. The van der Waals surface area contributed by atoms with Gasteiger partial charge in [0.1, 0.15) is 18.2 Å². The maximum Gasteiger partial charge on any atom is 0.319 e. The van der Waals surface area contributed by atoms with E-state index in [4.69, 9.17) is 27.9 Å². The monoisotopic (exact) mass is 342 g/mol. The van der Waals surface area contributed by atoms with Crippen LogP contribution in [0.2, 0.25) is 10.0 Å². The molecule has 0 aliphatic heterocycles. The summed E-state index contributed by atoms with van der Waals surface area (Å²) in [6.45, 7) is 0.531. The fraction of sp³-hybridized carbons (Fsp3) is 0.133. The second-order valence-electron chi connectivity index (χ2n) is 4.28. The number of halogens is 3. The van der Waals surface area contributed by atoms with Crippen molar-refractivity contribution in [2.75, 3.05) is 18.5 Å². The molecule has 0 saturated carbocycles. The topological polar surface area (TPSA) is 50.4 Å². The van der Waals surface area contributed by atoms with Crippen LogP contribution in [0.15, 0.2) is 42.5 Å². The zero-order valence-corrected chi connectivity index (χ0v) is 12.9. The van der Waals surface area contributed by atoms with E-state index >= 15 is 0 Å². The third kappa shape index (κ3) is 4.79.